The molecule has 0 aliphatic carbocycles. The number of hydrogen-bond acceptors (Lipinski definition) is 2. The van der Waals surface area contributed by atoms with E-state index in [2.05, 4.69) is 21.2 Å². The molecule has 2 N–H and O–H groups in total. The van der Waals surface area contributed by atoms with Crippen molar-refractivity contribution in [2.45, 2.75) is 31.4 Å². The summed E-state index contributed by atoms with van der Waals surface area (Å²) in [5, 5.41) is 13.2. The highest BCUT2D eigenvalue weighted by molar-refractivity contribution is 9.10. The Bertz CT molecular complexity index is 366. The van der Waals surface area contributed by atoms with E-state index in [0.717, 1.165) is 23.9 Å². The predicted molar refractivity (Wildman–Crippen MR) is 64.8 cm³/mol. The lowest BCUT2D eigenvalue weighted by molar-refractivity contribution is 0.135. The summed E-state index contributed by atoms with van der Waals surface area (Å²) in [6, 6.07) is 4.93. The fourth-order valence-corrected chi connectivity index (χ4v) is 2.52. The molecule has 1 aromatic rings. The van der Waals surface area contributed by atoms with E-state index in [4.69, 9.17) is 0 Å². The van der Waals surface area contributed by atoms with Gasteiger partial charge in [0.25, 0.3) is 0 Å². The van der Waals surface area contributed by atoms with Crippen LogP contribution in [0.25, 0.3) is 0 Å². The van der Waals surface area contributed by atoms with Crippen molar-refractivity contribution in [3.8, 4) is 0 Å². The van der Waals surface area contributed by atoms with E-state index < -0.39 is 6.10 Å². The van der Waals surface area contributed by atoms with Gasteiger partial charge in [-0.15, -0.1) is 0 Å². The Balaban J connectivity index is 2.04. The molecule has 2 nitrogen and oxygen atoms in total. The van der Waals surface area contributed by atoms with Gasteiger partial charge in [0.1, 0.15) is 5.82 Å². The van der Waals surface area contributed by atoms with Crippen LogP contribution < -0.4 is 5.32 Å². The zero-order valence-electron chi connectivity index (χ0n) is 8.92. The molecular weight excluding hydrogens is 273 g/mol. The van der Waals surface area contributed by atoms with Crippen LogP contribution in [-0.2, 0) is 6.42 Å². The van der Waals surface area contributed by atoms with Gasteiger partial charge in [0, 0.05) is 16.9 Å². The van der Waals surface area contributed by atoms with Gasteiger partial charge in [0.15, 0.2) is 0 Å². The number of nitrogens with one attached hydrogen (secondary N) is 1. The summed E-state index contributed by atoms with van der Waals surface area (Å²) in [6.45, 7) is 0.947. The minimum atomic E-state index is -0.508. The summed E-state index contributed by atoms with van der Waals surface area (Å²) in [6.07, 6.45) is 1.91. The molecule has 2 rings (SSSR count). The van der Waals surface area contributed by atoms with Crippen LogP contribution in [0, 0.1) is 5.82 Å². The largest absolute Gasteiger partial charge is 0.391 e. The highest BCUT2D eigenvalue weighted by atomic mass is 79.9. The van der Waals surface area contributed by atoms with E-state index >= 15 is 0 Å². The average molecular weight is 288 g/mol. The van der Waals surface area contributed by atoms with Crippen molar-refractivity contribution in [1.82, 2.24) is 5.32 Å². The molecule has 0 aromatic heterocycles. The van der Waals surface area contributed by atoms with Crippen LogP contribution in [0.3, 0.4) is 0 Å². The maximum Gasteiger partial charge on any atom is 0.126 e. The summed E-state index contributed by atoms with van der Waals surface area (Å²) in [5.74, 6) is -0.250. The number of halogens is 2. The first-order valence-corrected chi connectivity index (χ1v) is 6.31. The molecule has 1 fully saturated rings. The van der Waals surface area contributed by atoms with Gasteiger partial charge < -0.3 is 10.4 Å². The molecule has 2 atom stereocenters. The number of aliphatic hydroxyl groups excluding tert-OH is 1. The average Bonchev–Trinajstić information content (AvgIpc) is 2.76. The fourth-order valence-electron chi connectivity index (χ4n) is 2.11. The van der Waals surface area contributed by atoms with Crippen LogP contribution in [0.2, 0.25) is 0 Å². The van der Waals surface area contributed by atoms with Crippen LogP contribution in [0.4, 0.5) is 4.39 Å². The van der Waals surface area contributed by atoms with E-state index in [0.29, 0.717) is 12.0 Å². The van der Waals surface area contributed by atoms with Crippen molar-refractivity contribution in [1.29, 1.82) is 0 Å². The lowest BCUT2D eigenvalue weighted by atomic mass is 10.0. The van der Waals surface area contributed by atoms with Gasteiger partial charge in [-0.05, 0) is 43.1 Å². The van der Waals surface area contributed by atoms with Gasteiger partial charge in [-0.25, -0.2) is 4.39 Å². The number of hydrogen-bond donors (Lipinski definition) is 2. The molecule has 0 saturated carbocycles. The summed E-state index contributed by atoms with van der Waals surface area (Å²) in [4.78, 5) is 0. The minimum absolute atomic E-state index is 0.110. The number of aliphatic hydroxyl groups is 1. The molecule has 1 aromatic carbocycles. The quantitative estimate of drug-likeness (QED) is 0.894. The van der Waals surface area contributed by atoms with Crippen LogP contribution >= 0.6 is 15.9 Å². The summed E-state index contributed by atoms with van der Waals surface area (Å²) >= 11 is 3.31. The predicted octanol–water partition coefficient (Wildman–Crippen LogP) is 2.24. The Hall–Kier alpha value is -0.450. The zero-order valence-corrected chi connectivity index (χ0v) is 10.5. The van der Waals surface area contributed by atoms with Crippen LogP contribution in [-0.4, -0.2) is 23.8 Å². The van der Waals surface area contributed by atoms with Gasteiger partial charge in [-0.3, -0.25) is 0 Å². The van der Waals surface area contributed by atoms with Crippen molar-refractivity contribution in [2.24, 2.45) is 0 Å². The lowest BCUT2D eigenvalue weighted by Crippen LogP contribution is -2.36. The third-order valence-electron chi connectivity index (χ3n) is 3.00. The maximum atomic E-state index is 13.5. The molecule has 0 radical (unpaired) electrons. The van der Waals surface area contributed by atoms with Crippen molar-refractivity contribution in [3.63, 3.8) is 0 Å². The molecule has 0 spiro atoms. The Morgan fingerprint density at radius 1 is 1.56 bits per heavy atom. The first-order valence-electron chi connectivity index (χ1n) is 5.52. The first kappa shape index (κ1) is 12.0. The summed E-state index contributed by atoms with van der Waals surface area (Å²) in [5.41, 5.74) is 0.565. The van der Waals surface area contributed by atoms with Gasteiger partial charge >= 0.3 is 0 Å². The molecule has 88 valence electrons. The molecule has 1 aliphatic heterocycles. The van der Waals surface area contributed by atoms with Crippen LogP contribution in [0.5, 0.6) is 0 Å². The third kappa shape index (κ3) is 2.81. The van der Waals surface area contributed by atoms with Crippen molar-refractivity contribution in [3.05, 3.63) is 34.1 Å². The normalized spacial score (nSPS) is 22.3. The maximum absolute atomic E-state index is 13.5. The lowest BCUT2D eigenvalue weighted by Gasteiger charge is -2.18. The van der Waals surface area contributed by atoms with Gasteiger partial charge in [0.05, 0.1) is 6.10 Å². The molecule has 2 unspecified atom stereocenters. The Morgan fingerprint density at radius 2 is 2.38 bits per heavy atom. The monoisotopic (exact) mass is 287 g/mol. The van der Waals surface area contributed by atoms with E-state index in [1.807, 2.05) is 0 Å². The second-order valence-electron chi connectivity index (χ2n) is 4.21. The van der Waals surface area contributed by atoms with Crippen molar-refractivity contribution >= 4 is 15.9 Å². The van der Waals surface area contributed by atoms with Gasteiger partial charge in [-0.1, -0.05) is 15.9 Å². The van der Waals surface area contributed by atoms with Crippen molar-refractivity contribution < 1.29 is 9.50 Å². The summed E-state index contributed by atoms with van der Waals surface area (Å²) < 4.78 is 14.3. The van der Waals surface area contributed by atoms with E-state index in [1.54, 1.807) is 12.1 Å². The SMILES string of the molecule is OC(Cc1cc(Br)ccc1F)C1CCCN1. The zero-order chi connectivity index (χ0) is 11.5. The molecule has 0 bridgehead atoms. The third-order valence-corrected chi connectivity index (χ3v) is 3.49. The highest BCUT2D eigenvalue weighted by Crippen LogP contribution is 2.19. The van der Waals surface area contributed by atoms with Crippen LogP contribution in [0.1, 0.15) is 18.4 Å². The molecule has 1 aliphatic rings. The first-order chi connectivity index (χ1) is 7.66. The highest BCUT2D eigenvalue weighted by Gasteiger charge is 2.23. The van der Waals surface area contributed by atoms with Gasteiger partial charge in [-0.2, -0.15) is 0 Å². The molecule has 1 saturated heterocycles. The van der Waals surface area contributed by atoms with Gasteiger partial charge in [0.2, 0.25) is 0 Å². The second-order valence-corrected chi connectivity index (χ2v) is 5.13. The Kier molecular flexibility index (Phi) is 3.95. The van der Waals surface area contributed by atoms with E-state index in [1.165, 1.54) is 6.07 Å². The van der Waals surface area contributed by atoms with Crippen LogP contribution in [0.15, 0.2) is 22.7 Å². The van der Waals surface area contributed by atoms with E-state index in [9.17, 15) is 9.50 Å². The smallest absolute Gasteiger partial charge is 0.126 e. The topological polar surface area (TPSA) is 32.3 Å². The fraction of sp³-hybridized carbons (Fsp3) is 0.500. The standard InChI is InChI=1S/C12H15BrFNO/c13-9-3-4-10(14)8(6-9)7-12(16)11-2-1-5-15-11/h3-4,6,11-12,15-16H,1-2,5,7H2. The molecular formula is C12H15BrFNO. The number of benzene rings is 1. The summed E-state index contributed by atoms with van der Waals surface area (Å²) in [7, 11) is 0. The number of rotatable bonds is 3. The van der Waals surface area contributed by atoms with E-state index in [-0.39, 0.29) is 11.9 Å². The van der Waals surface area contributed by atoms with Crippen molar-refractivity contribution in [2.75, 3.05) is 6.54 Å². The molecule has 4 heteroatoms. The second kappa shape index (κ2) is 5.25. The minimum Gasteiger partial charge on any atom is -0.391 e. The molecule has 1 heterocycles. The molecule has 16 heavy (non-hydrogen) atoms. The Labute approximate surface area is 103 Å². The Morgan fingerprint density at radius 3 is 3.06 bits per heavy atom. The molecule has 0 amide bonds.